The van der Waals surface area contributed by atoms with Gasteiger partial charge in [-0.3, -0.25) is 0 Å². The molecule has 2 heteroatoms. The van der Waals surface area contributed by atoms with Gasteiger partial charge >= 0.3 is 0 Å². The second-order valence-electron chi connectivity index (χ2n) is 2.95. The molecule has 0 fully saturated rings. The van der Waals surface area contributed by atoms with Crippen LogP contribution < -0.4 is 5.19 Å². The average Bonchev–Trinajstić information content (AvgIpc) is 2.05. The minimum absolute atomic E-state index is 0.253. The third-order valence-corrected chi connectivity index (χ3v) is 2.95. The van der Waals surface area contributed by atoms with Crippen LogP contribution in [0.5, 0.6) is 0 Å². The number of hydrogen-bond acceptors (Lipinski definition) is 1. The van der Waals surface area contributed by atoms with Crippen LogP contribution in [0.2, 0.25) is 0 Å². The van der Waals surface area contributed by atoms with Crippen LogP contribution in [-0.2, 0) is 4.74 Å². The van der Waals surface area contributed by atoms with E-state index in [2.05, 4.69) is 31.2 Å². The highest BCUT2D eigenvalue weighted by Crippen LogP contribution is 2.12. The van der Waals surface area contributed by atoms with Crippen molar-refractivity contribution in [2.24, 2.45) is 0 Å². The second-order valence-corrected chi connectivity index (χ2v) is 4.03. The molecular formula is C10H16OSi. The van der Waals surface area contributed by atoms with Gasteiger partial charge in [-0.2, -0.15) is 0 Å². The highest BCUT2D eigenvalue weighted by atomic mass is 28.1. The van der Waals surface area contributed by atoms with E-state index in [1.165, 1.54) is 10.8 Å². The fourth-order valence-electron chi connectivity index (χ4n) is 1.38. The predicted molar refractivity (Wildman–Crippen MR) is 56.1 cm³/mol. The van der Waals surface area contributed by atoms with Crippen molar-refractivity contribution in [3.05, 3.63) is 29.8 Å². The Morgan fingerprint density at radius 1 is 1.42 bits per heavy atom. The lowest BCUT2D eigenvalue weighted by Gasteiger charge is -2.14. The van der Waals surface area contributed by atoms with E-state index in [-0.39, 0.29) is 6.10 Å². The first kappa shape index (κ1) is 9.48. The van der Waals surface area contributed by atoms with Crippen molar-refractivity contribution in [2.75, 3.05) is 6.61 Å². The van der Waals surface area contributed by atoms with Gasteiger partial charge in [-0.25, -0.2) is 0 Å². The fraction of sp³-hybridized carbons (Fsp3) is 0.400. The van der Waals surface area contributed by atoms with Gasteiger partial charge in [-0.05, 0) is 19.4 Å². The summed E-state index contributed by atoms with van der Waals surface area (Å²) in [6, 6.07) is 8.50. The van der Waals surface area contributed by atoms with Crippen LogP contribution in [0.3, 0.4) is 0 Å². The normalized spacial score (nSPS) is 13.2. The molecule has 0 bridgehead atoms. The molecule has 0 heterocycles. The van der Waals surface area contributed by atoms with Gasteiger partial charge in [0.25, 0.3) is 0 Å². The monoisotopic (exact) mass is 180 g/mol. The summed E-state index contributed by atoms with van der Waals surface area (Å²) in [7, 11) is 1.10. The average molecular weight is 180 g/mol. The molecule has 0 spiro atoms. The summed E-state index contributed by atoms with van der Waals surface area (Å²) in [5.41, 5.74) is 1.35. The minimum atomic E-state index is 0.253. The van der Waals surface area contributed by atoms with E-state index in [0.29, 0.717) is 0 Å². The smallest absolute Gasteiger partial charge is 0.0795 e. The zero-order valence-corrected chi connectivity index (χ0v) is 10.0. The van der Waals surface area contributed by atoms with Gasteiger partial charge < -0.3 is 4.74 Å². The Morgan fingerprint density at radius 2 is 2.08 bits per heavy atom. The summed E-state index contributed by atoms with van der Waals surface area (Å²) in [5, 5.41) is 1.44. The zero-order valence-electron chi connectivity index (χ0n) is 8.00. The predicted octanol–water partition coefficient (Wildman–Crippen LogP) is 0.775. The molecule has 0 aromatic heterocycles. The SMILES string of the molecule is CCOC(C)c1ccccc1[SiH3]. The first-order valence-electron chi connectivity index (χ1n) is 4.42. The van der Waals surface area contributed by atoms with E-state index in [1.807, 2.05) is 6.92 Å². The molecule has 0 saturated carbocycles. The van der Waals surface area contributed by atoms with Gasteiger partial charge in [-0.15, -0.1) is 0 Å². The van der Waals surface area contributed by atoms with Crippen molar-refractivity contribution in [3.8, 4) is 0 Å². The van der Waals surface area contributed by atoms with E-state index in [9.17, 15) is 0 Å². The first-order chi connectivity index (χ1) is 5.75. The molecule has 0 amide bonds. The molecule has 1 aromatic rings. The summed E-state index contributed by atoms with van der Waals surface area (Å²) >= 11 is 0. The largest absolute Gasteiger partial charge is 0.374 e. The Hall–Kier alpha value is -0.603. The standard InChI is InChI=1S/C10H16OSi/c1-3-11-8(2)9-6-4-5-7-10(9)12/h4-8H,3H2,1-2,12H3. The maximum atomic E-state index is 5.53. The van der Waals surface area contributed by atoms with E-state index in [4.69, 9.17) is 4.74 Å². The van der Waals surface area contributed by atoms with Crippen molar-refractivity contribution in [2.45, 2.75) is 20.0 Å². The van der Waals surface area contributed by atoms with Crippen LogP contribution >= 0.6 is 0 Å². The van der Waals surface area contributed by atoms with Gasteiger partial charge in [0.05, 0.1) is 6.10 Å². The van der Waals surface area contributed by atoms with Crippen LogP contribution in [0.25, 0.3) is 0 Å². The highest BCUT2D eigenvalue weighted by Gasteiger charge is 2.05. The third kappa shape index (κ3) is 2.19. The lowest BCUT2D eigenvalue weighted by molar-refractivity contribution is 0.0771. The fourth-order valence-corrected chi connectivity index (χ4v) is 2.15. The first-order valence-corrected chi connectivity index (χ1v) is 5.42. The van der Waals surface area contributed by atoms with Gasteiger partial charge in [0.2, 0.25) is 0 Å². The third-order valence-electron chi connectivity index (χ3n) is 2.04. The van der Waals surface area contributed by atoms with E-state index in [1.54, 1.807) is 0 Å². The quantitative estimate of drug-likeness (QED) is 0.625. The molecule has 0 saturated heterocycles. The number of ether oxygens (including phenoxy) is 1. The van der Waals surface area contributed by atoms with Crippen molar-refractivity contribution in [1.29, 1.82) is 0 Å². The second kappa shape index (κ2) is 4.43. The molecular weight excluding hydrogens is 164 g/mol. The van der Waals surface area contributed by atoms with E-state index >= 15 is 0 Å². The highest BCUT2D eigenvalue weighted by molar-refractivity contribution is 6.33. The molecule has 1 atom stereocenters. The molecule has 1 aromatic carbocycles. The van der Waals surface area contributed by atoms with Crippen LogP contribution in [0.15, 0.2) is 24.3 Å². The van der Waals surface area contributed by atoms with Crippen LogP contribution in [0.4, 0.5) is 0 Å². The number of hydrogen-bond donors (Lipinski definition) is 0. The van der Waals surface area contributed by atoms with Crippen LogP contribution in [0, 0.1) is 0 Å². The molecule has 1 unspecified atom stereocenters. The summed E-state index contributed by atoms with van der Waals surface area (Å²) in [4.78, 5) is 0. The lowest BCUT2D eigenvalue weighted by atomic mass is 10.1. The molecule has 0 N–H and O–H groups in total. The number of benzene rings is 1. The summed E-state index contributed by atoms with van der Waals surface area (Å²) in [6.07, 6.45) is 0.253. The maximum Gasteiger partial charge on any atom is 0.0795 e. The molecule has 12 heavy (non-hydrogen) atoms. The van der Waals surface area contributed by atoms with Crippen molar-refractivity contribution in [1.82, 2.24) is 0 Å². The topological polar surface area (TPSA) is 9.23 Å². The van der Waals surface area contributed by atoms with Crippen molar-refractivity contribution >= 4 is 15.4 Å². The zero-order chi connectivity index (χ0) is 8.97. The lowest BCUT2D eigenvalue weighted by Crippen LogP contribution is -2.14. The van der Waals surface area contributed by atoms with Gasteiger partial charge in [-0.1, -0.05) is 29.5 Å². The van der Waals surface area contributed by atoms with Crippen LogP contribution in [0.1, 0.15) is 25.5 Å². The maximum absolute atomic E-state index is 5.53. The number of rotatable bonds is 3. The molecule has 0 aliphatic carbocycles. The summed E-state index contributed by atoms with van der Waals surface area (Å²) in [6.45, 7) is 4.93. The minimum Gasteiger partial charge on any atom is -0.374 e. The van der Waals surface area contributed by atoms with Gasteiger partial charge in [0.15, 0.2) is 0 Å². The van der Waals surface area contributed by atoms with E-state index < -0.39 is 0 Å². The molecule has 0 radical (unpaired) electrons. The van der Waals surface area contributed by atoms with Crippen molar-refractivity contribution in [3.63, 3.8) is 0 Å². The van der Waals surface area contributed by atoms with Gasteiger partial charge in [0, 0.05) is 16.8 Å². The summed E-state index contributed by atoms with van der Waals surface area (Å²) in [5.74, 6) is 0. The molecule has 1 nitrogen and oxygen atoms in total. The Kier molecular flexibility index (Phi) is 3.50. The summed E-state index contributed by atoms with van der Waals surface area (Å²) < 4.78 is 5.53. The molecule has 66 valence electrons. The Balaban J connectivity index is 2.79. The van der Waals surface area contributed by atoms with E-state index in [0.717, 1.165) is 16.8 Å². The Bertz CT molecular complexity index is 247. The Labute approximate surface area is 77.2 Å². The molecule has 0 aliphatic heterocycles. The van der Waals surface area contributed by atoms with Crippen molar-refractivity contribution < 1.29 is 4.74 Å². The Morgan fingerprint density at radius 3 is 2.67 bits per heavy atom. The van der Waals surface area contributed by atoms with Gasteiger partial charge in [0.1, 0.15) is 0 Å². The molecule has 1 rings (SSSR count). The molecule has 0 aliphatic rings. The van der Waals surface area contributed by atoms with Crippen LogP contribution in [-0.4, -0.2) is 16.8 Å².